The molecule has 2 heteroatoms. The Kier molecular flexibility index (Phi) is 3.57. The number of carbonyl (C=O) groups is 1. The molecule has 0 heterocycles. The zero-order valence-electron chi connectivity index (χ0n) is 13.3. The number of carbonyl (C=O) groups excluding carboxylic acids is 1. The molecule has 0 unspecified atom stereocenters. The first-order chi connectivity index (χ1) is 8.66. The molecule has 19 heavy (non-hydrogen) atoms. The second-order valence-corrected chi connectivity index (χ2v) is 7.72. The molecule has 2 rings (SSSR count). The van der Waals surface area contributed by atoms with Crippen LogP contribution in [0.1, 0.15) is 67.2 Å². The van der Waals surface area contributed by atoms with Crippen molar-refractivity contribution in [2.24, 2.45) is 16.7 Å². The molecule has 108 valence electrons. The van der Waals surface area contributed by atoms with Crippen molar-refractivity contribution in [3.8, 4) is 0 Å². The monoisotopic (exact) mass is 264 g/mol. The minimum Gasteiger partial charge on any atom is -0.462 e. The Labute approximate surface area is 117 Å². The molecule has 2 aliphatic carbocycles. The van der Waals surface area contributed by atoms with Gasteiger partial charge in [-0.2, -0.15) is 0 Å². The average Bonchev–Trinajstić information content (AvgIpc) is 2.49. The van der Waals surface area contributed by atoms with E-state index in [-0.39, 0.29) is 22.9 Å². The predicted octanol–water partition coefficient (Wildman–Crippen LogP) is 4.49. The van der Waals surface area contributed by atoms with Crippen LogP contribution in [0, 0.1) is 16.7 Å². The third kappa shape index (κ3) is 2.59. The lowest BCUT2D eigenvalue weighted by Crippen LogP contribution is -2.42. The molecule has 0 N–H and O–H groups in total. The maximum atomic E-state index is 11.4. The lowest BCUT2D eigenvalue weighted by molar-refractivity contribution is -0.150. The topological polar surface area (TPSA) is 26.3 Å². The molecular formula is C17H28O2. The number of hydrogen-bond donors (Lipinski definition) is 0. The minimum atomic E-state index is -0.130. The maximum Gasteiger partial charge on any atom is 0.302 e. The molecule has 0 aliphatic heterocycles. The van der Waals surface area contributed by atoms with Crippen molar-refractivity contribution in [3.05, 3.63) is 11.1 Å². The summed E-state index contributed by atoms with van der Waals surface area (Å²) in [7, 11) is 0. The molecular weight excluding hydrogens is 236 g/mol. The molecule has 0 amide bonds. The molecule has 0 aromatic carbocycles. The molecule has 0 aromatic rings. The Morgan fingerprint density at radius 2 is 1.79 bits per heavy atom. The Morgan fingerprint density at radius 3 is 2.21 bits per heavy atom. The summed E-state index contributed by atoms with van der Waals surface area (Å²) in [6.45, 7) is 12.9. The van der Waals surface area contributed by atoms with Crippen LogP contribution in [0.3, 0.4) is 0 Å². The highest BCUT2D eigenvalue weighted by molar-refractivity contribution is 5.66. The van der Waals surface area contributed by atoms with E-state index in [1.165, 1.54) is 25.3 Å². The Balaban J connectivity index is 2.26. The highest BCUT2D eigenvalue weighted by Gasteiger charge is 2.54. The number of hydrogen-bond acceptors (Lipinski definition) is 2. The van der Waals surface area contributed by atoms with Crippen LogP contribution < -0.4 is 0 Å². The van der Waals surface area contributed by atoms with Gasteiger partial charge in [0.1, 0.15) is 6.10 Å². The molecule has 2 fully saturated rings. The molecule has 2 aliphatic rings. The van der Waals surface area contributed by atoms with E-state index in [1.807, 2.05) is 0 Å². The third-order valence-corrected chi connectivity index (χ3v) is 5.30. The van der Waals surface area contributed by atoms with Crippen molar-refractivity contribution in [1.29, 1.82) is 0 Å². The van der Waals surface area contributed by atoms with Gasteiger partial charge in [0.05, 0.1) is 0 Å². The summed E-state index contributed by atoms with van der Waals surface area (Å²) < 4.78 is 5.65. The fraction of sp³-hybridized carbons (Fsp3) is 0.824. The first-order valence-electron chi connectivity index (χ1n) is 7.50. The van der Waals surface area contributed by atoms with Gasteiger partial charge in [0, 0.05) is 12.8 Å². The number of allylic oxidation sites excluding steroid dienone is 2. The van der Waals surface area contributed by atoms with Crippen LogP contribution in [0.2, 0.25) is 0 Å². The van der Waals surface area contributed by atoms with Gasteiger partial charge in [-0.1, -0.05) is 31.9 Å². The molecule has 0 aromatic heterocycles. The van der Waals surface area contributed by atoms with Crippen LogP contribution >= 0.6 is 0 Å². The van der Waals surface area contributed by atoms with Crippen molar-refractivity contribution >= 4 is 5.97 Å². The van der Waals surface area contributed by atoms with Gasteiger partial charge in [0.15, 0.2) is 0 Å². The van der Waals surface area contributed by atoms with Gasteiger partial charge in [-0.3, -0.25) is 4.79 Å². The maximum absolute atomic E-state index is 11.4. The van der Waals surface area contributed by atoms with Crippen LogP contribution in [0.4, 0.5) is 0 Å². The predicted molar refractivity (Wildman–Crippen MR) is 77.8 cm³/mol. The van der Waals surface area contributed by atoms with Crippen LogP contribution in [0.15, 0.2) is 11.1 Å². The first-order valence-corrected chi connectivity index (χ1v) is 7.50. The van der Waals surface area contributed by atoms with Crippen LogP contribution in [0.5, 0.6) is 0 Å². The SMILES string of the molecule is CC(=O)O[C@@H]1CC(C)(C)C[C@@H]1[C@@]1(C)CCC1=C(C)C. The van der Waals surface area contributed by atoms with E-state index in [0.29, 0.717) is 5.92 Å². The molecule has 0 spiro atoms. The van der Waals surface area contributed by atoms with E-state index in [1.54, 1.807) is 5.57 Å². The molecule has 2 saturated carbocycles. The Hall–Kier alpha value is -0.790. The van der Waals surface area contributed by atoms with Crippen molar-refractivity contribution in [3.63, 3.8) is 0 Å². The zero-order valence-corrected chi connectivity index (χ0v) is 13.3. The third-order valence-electron chi connectivity index (χ3n) is 5.30. The Morgan fingerprint density at radius 1 is 1.16 bits per heavy atom. The van der Waals surface area contributed by atoms with Gasteiger partial charge in [-0.25, -0.2) is 0 Å². The van der Waals surface area contributed by atoms with E-state index in [4.69, 9.17) is 4.74 Å². The second-order valence-electron chi connectivity index (χ2n) is 7.72. The quantitative estimate of drug-likeness (QED) is 0.542. The fourth-order valence-electron chi connectivity index (χ4n) is 4.34. The van der Waals surface area contributed by atoms with Gasteiger partial charge in [0.25, 0.3) is 0 Å². The van der Waals surface area contributed by atoms with E-state index in [0.717, 1.165) is 12.8 Å². The summed E-state index contributed by atoms with van der Waals surface area (Å²) in [5, 5.41) is 0. The van der Waals surface area contributed by atoms with Crippen molar-refractivity contribution < 1.29 is 9.53 Å². The number of ether oxygens (including phenoxy) is 1. The number of rotatable bonds is 2. The van der Waals surface area contributed by atoms with Gasteiger partial charge < -0.3 is 4.74 Å². The zero-order chi connectivity index (χ0) is 14.4. The van der Waals surface area contributed by atoms with Crippen molar-refractivity contribution in [2.45, 2.75) is 73.3 Å². The smallest absolute Gasteiger partial charge is 0.302 e. The van der Waals surface area contributed by atoms with Crippen LogP contribution in [-0.4, -0.2) is 12.1 Å². The average molecular weight is 264 g/mol. The van der Waals surface area contributed by atoms with Gasteiger partial charge >= 0.3 is 5.97 Å². The van der Waals surface area contributed by atoms with Crippen LogP contribution in [-0.2, 0) is 9.53 Å². The lowest BCUT2D eigenvalue weighted by atomic mass is 9.56. The highest BCUT2D eigenvalue weighted by atomic mass is 16.5. The van der Waals surface area contributed by atoms with Crippen LogP contribution in [0.25, 0.3) is 0 Å². The summed E-state index contributed by atoms with van der Waals surface area (Å²) in [5.41, 5.74) is 3.61. The van der Waals surface area contributed by atoms with Gasteiger partial charge in [-0.15, -0.1) is 0 Å². The summed E-state index contributed by atoms with van der Waals surface area (Å²) in [6, 6.07) is 0. The molecule has 3 atom stereocenters. The van der Waals surface area contributed by atoms with E-state index >= 15 is 0 Å². The highest BCUT2D eigenvalue weighted by Crippen LogP contribution is 2.60. The molecule has 0 saturated heterocycles. The number of esters is 1. The largest absolute Gasteiger partial charge is 0.462 e. The molecule has 2 nitrogen and oxygen atoms in total. The summed E-state index contributed by atoms with van der Waals surface area (Å²) in [4.78, 5) is 11.4. The second kappa shape index (κ2) is 4.64. The van der Waals surface area contributed by atoms with Gasteiger partial charge in [-0.05, 0) is 50.4 Å². The molecule has 0 radical (unpaired) electrons. The summed E-state index contributed by atoms with van der Waals surface area (Å²) in [5.74, 6) is 0.361. The van der Waals surface area contributed by atoms with Crippen molar-refractivity contribution in [2.75, 3.05) is 0 Å². The fourth-order valence-corrected chi connectivity index (χ4v) is 4.34. The van der Waals surface area contributed by atoms with E-state index < -0.39 is 0 Å². The van der Waals surface area contributed by atoms with E-state index in [9.17, 15) is 4.79 Å². The summed E-state index contributed by atoms with van der Waals surface area (Å²) in [6.07, 6.45) is 4.74. The standard InChI is InChI=1S/C17H28O2/c1-11(2)13-7-8-17(13,6)14-9-16(4,5)10-15(14)19-12(3)18/h14-15H,7-10H2,1-6H3/t14-,15+,17-/m0/s1. The summed E-state index contributed by atoms with van der Waals surface area (Å²) >= 11 is 0. The Bertz CT molecular complexity index is 415. The van der Waals surface area contributed by atoms with E-state index in [2.05, 4.69) is 34.6 Å². The van der Waals surface area contributed by atoms with Gasteiger partial charge in [0.2, 0.25) is 0 Å². The normalized spacial score (nSPS) is 36.8. The minimum absolute atomic E-state index is 0.104. The molecule has 0 bridgehead atoms. The first kappa shape index (κ1) is 14.6. The van der Waals surface area contributed by atoms with Crippen molar-refractivity contribution in [1.82, 2.24) is 0 Å². The lowest BCUT2D eigenvalue weighted by Gasteiger charge is -2.49.